The number of carbonyl (C=O) groups excluding carboxylic acids is 1. The number of nitrogens with zero attached hydrogens (tertiary/aromatic N) is 2. The molecule has 5 nitrogen and oxygen atoms in total. The molecule has 114 valence electrons. The predicted molar refractivity (Wildman–Crippen MR) is 86.3 cm³/mol. The van der Waals surface area contributed by atoms with Gasteiger partial charge in [-0.05, 0) is 36.2 Å². The van der Waals surface area contributed by atoms with Crippen molar-refractivity contribution in [2.45, 2.75) is 13.3 Å². The largest absolute Gasteiger partial charge is 0.441 e. The summed E-state index contributed by atoms with van der Waals surface area (Å²) in [6.45, 7) is 2.40. The average molecular weight is 318 g/mol. The number of benzene rings is 1. The highest BCUT2D eigenvalue weighted by Crippen LogP contribution is 2.16. The van der Waals surface area contributed by atoms with Gasteiger partial charge in [0.05, 0.1) is 0 Å². The normalized spacial score (nSPS) is 10.2. The SMILES string of the molecule is Cc1nc2cc(CCNC(=O)c3ccncc3)ccc2o1.Cl. The zero-order valence-electron chi connectivity index (χ0n) is 12.1. The van der Waals surface area contributed by atoms with Gasteiger partial charge >= 0.3 is 0 Å². The van der Waals surface area contributed by atoms with Crippen LogP contribution < -0.4 is 5.32 Å². The summed E-state index contributed by atoms with van der Waals surface area (Å²) in [6, 6.07) is 9.28. The monoisotopic (exact) mass is 317 g/mol. The second kappa shape index (κ2) is 7.04. The molecule has 1 aromatic carbocycles. The van der Waals surface area contributed by atoms with E-state index in [-0.39, 0.29) is 18.3 Å². The first kappa shape index (κ1) is 16.0. The Hall–Kier alpha value is -2.40. The Balaban J connectivity index is 0.00000176. The molecule has 0 aliphatic carbocycles. The third kappa shape index (κ3) is 3.62. The molecule has 0 fully saturated rings. The molecule has 0 aliphatic rings. The molecule has 0 aliphatic heterocycles. The second-order valence-electron chi connectivity index (χ2n) is 4.78. The summed E-state index contributed by atoms with van der Waals surface area (Å²) in [5.41, 5.74) is 3.38. The van der Waals surface area contributed by atoms with Crippen molar-refractivity contribution >= 4 is 29.4 Å². The number of amides is 1. The Labute approximate surface area is 134 Å². The first-order valence-corrected chi connectivity index (χ1v) is 6.77. The van der Waals surface area contributed by atoms with Crippen LogP contribution in [0.25, 0.3) is 11.1 Å². The van der Waals surface area contributed by atoms with Crippen LogP contribution in [0.15, 0.2) is 47.1 Å². The molecular weight excluding hydrogens is 302 g/mol. The summed E-state index contributed by atoms with van der Waals surface area (Å²) in [4.78, 5) is 20.1. The van der Waals surface area contributed by atoms with Crippen molar-refractivity contribution in [1.82, 2.24) is 15.3 Å². The number of aromatic nitrogens is 2. The van der Waals surface area contributed by atoms with E-state index in [1.54, 1.807) is 24.5 Å². The number of pyridine rings is 1. The minimum Gasteiger partial charge on any atom is -0.441 e. The molecule has 0 spiro atoms. The Kier molecular flexibility index (Phi) is 5.12. The van der Waals surface area contributed by atoms with Gasteiger partial charge in [0.25, 0.3) is 5.91 Å². The molecule has 0 saturated carbocycles. The van der Waals surface area contributed by atoms with Gasteiger partial charge in [0.2, 0.25) is 0 Å². The van der Waals surface area contributed by atoms with Crippen molar-refractivity contribution < 1.29 is 9.21 Å². The maximum atomic E-state index is 11.9. The van der Waals surface area contributed by atoms with Crippen LogP contribution in [0.5, 0.6) is 0 Å². The van der Waals surface area contributed by atoms with Crippen LogP contribution in [-0.2, 0) is 6.42 Å². The fourth-order valence-electron chi connectivity index (χ4n) is 2.17. The number of hydrogen-bond donors (Lipinski definition) is 1. The van der Waals surface area contributed by atoms with Crippen molar-refractivity contribution in [1.29, 1.82) is 0 Å². The van der Waals surface area contributed by atoms with Gasteiger partial charge in [-0.3, -0.25) is 9.78 Å². The van der Waals surface area contributed by atoms with E-state index in [1.807, 2.05) is 25.1 Å². The van der Waals surface area contributed by atoms with Gasteiger partial charge in [0, 0.05) is 31.4 Å². The van der Waals surface area contributed by atoms with Crippen molar-refractivity contribution in [2.24, 2.45) is 0 Å². The maximum absolute atomic E-state index is 11.9. The number of carbonyl (C=O) groups is 1. The molecule has 0 atom stereocenters. The maximum Gasteiger partial charge on any atom is 0.251 e. The molecule has 1 N–H and O–H groups in total. The molecular formula is C16H16ClN3O2. The highest BCUT2D eigenvalue weighted by molar-refractivity contribution is 5.93. The van der Waals surface area contributed by atoms with Crippen LogP contribution in [0.4, 0.5) is 0 Å². The molecule has 0 bridgehead atoms. The van der Waals surface area contributed by atoms with Crippen LogP contribution in [0, 0.1) is 6.92 Å². The summed E-state index contributed by atoms with van der Waals surface area (Å²) < 4.78 is 5.44. The second-order valence-corrected chi connectivity index (χ2v) is 4.78. The number of oxazole rings is 1. The van der Waals surface area contributed by atoms with Crippen LogP contribution >= 0.6 is 12.4 Å². The molecule has 0 radical (unpaired) electrons. The molecule has 6 heteroatoms. The zero-order chi connectivity index (χ0) is 14.7. The van der Waals surface area contributed by atoms with Crippen LogP contribution in [0.3, 0.4) is 0 Å². The van der Waals surface area contributed by atoms with Gasteiger partial charge in [0.1, 0.15) is 5.52 Å². The lowest BCUT2D eigenvalue weighted by atomic mass is 10.1. The summed E-state index contributed by atoms with van der Waals surface area (Å²) >= 11 is 0. The molecule has 22 heavy (non-hydrogen) atoms. The summed E-state index contributed by atoms with van der Waals surface area (Å²) in [5, 5.41) is 2.89. The topological polar surface area (TPSA) is 68.0 Å². The van der Waals surface area contributed by atoms with E-state index in [2.05, 4.69) is 15.3 Å². The quantitative estimate of drug-likeness (QED) is 0.803. The van der Waals surface area contributed by atoms with Crippen LogP contribution in [0.2, 0.25) is 0 Å². The standard InChI is InChI=1S/C16H15N3O2.ClH/c1-11-19-14-10-12(2-3-15(14)21-11)4-9-18-16(20)13-5-7-17-8-6-13;/h2-3,5-8,10H,4,9H2,1H3,(H,18,20);1H. The van der Waals surface area contributed by atoms with E-state index in [0.29, 0.717) is 18.0 Å². The first-order chi connectivity index (χ1) is 10.2. The number of aryl methyl sites for hydroxylation is 1. The number of rotatable bonds is 4. The van der Waals surface area contributed by atoms with E-state index in [4.69, 9.17) is 4.42 Å². The van der Waals surface area contributed by atoms with Gasteiger partial charge in [-0.2, -0.15) is 0 Å². The molecule has 1 amide bonds. The molecule has 0 unspecified atom stereocenters. The van der Waals surface area contributed by atoms with E-state index in [9.17, 15) is 4.79 Å². The van der Waals surface area contributed by atoms with E-state index < -0.39 is 0 Å². The number of hydrogen-bond acceptors (Lipinski definition) is 4. The lowest BCUT2D eigenvalue weighted by Gasteiger charge is -2.05. The zero-order valence-corrected chi connectivity index (χ0v) is 12.9. The Bertz CT molecular complexity index is 771. The summed E-state index contributed by atoms with van der Waals surface area (Å²) in [7, 11) is 0. The van der Waals surface area contributed by atoms with E-state index in [1.165, 1.54) is 0 Å². The molecule has 2 aromatic heterocycles. The molecule has 3 aromatic rings. The number of nitrogens with one attached hydrogen (secondary N) is 1. The van der Waals surface area contributed by atoms with E-state index >= 15 is 0 Å². The molecule has 3 rings (SSSR count). The highest BCUT2D eigenvalue weighted by Gasteiger charge is 2.05. The summed E-state index contributed by atoms with van der Waals surface area (Å²) in [5.74, 6) is 0.573. The van der Waals surface area contributed by atoms with Crippen molar-refractivity contribution in [3.63, 3.8) is 0 Å². The van der Waals surface area contributed by atoms with Gasteiger partial charge in [-0.25, -0.2) is 4.98 Å². The van der Waals surface area contributed by atoms with Crippen molar-refractivity contribution in [3.05, 3.63) is 59.7 Å². The Morgan fingerprint density at radius 1 is 1.23 bits per heavy atom. The smallest absolute Gasteiger partial charge is 0.251 e. The predicted octanol–water partition coefficient (Wildman–Crippen LogP) is 2.93. The average Bonchev–Trinajstić information content (AvgIpc) is 2.87. The summed E-state index contributed by atoms with van der Waals surface area (Å²) in [6.07, 6.45) is 3.96. The van der Waals surface area contributed by atoms with Crippen LogP contribution in [0.1, 0.15) is 21.8 Å². The highest BCUT2D eigenvalue weighted by atomic mass is 35.5. The van der Waals surface area contributed by atoms with Crippen molar-refractivity contribution in [2.75, 3.05) is 6.54 Å². The van der Waals surface area contributed by atoms with Gasteiger partial charge in [0.15, 0.2) is 11.5 Å². The lowest BCUT2D eigenvalue weighted by Crippen LogP contribution is -2.25. The first-order valence-electron chi connectivity index (χ1n) is 6.77. The van der Waals surface area contributed by atoms with Gasteiger partial charge in [-0.1, -0.05) is 6.07 Å². The fraction of sp³-hybridized carbons (Fsp3) is 0.188. The fourth-order valence-corrected chi connectivity index (χ4v) is 2.17. The minimum absolute atomic E-state index is 0. The number of fused-ring (bicyclic) bond motifs is 1. The van der Waals surface area contributed by atoms with Gasteiger partial charge in [-0.15, -0.1) is 12.4 Å². The third-order valence-corrected chi connectivity index (χ3v) is 3.20. The van der Waals surface area contributed by atoms with Gasteiger partial charge < -0.3 is 9.73 Å². The van der Waals surface area contributed by atoms with E-state index in [0.717, 1.165) is 23.1 Å². The Morgan fingerprint density at radius 2 is 2.00 bits per heavy atom. The van der Waals surface area contributed by atoms with Crippen LogP contribution in [-0.4, -0.2) is 22.4 Å². The minimum atomic E-state index is -0.0873. The number of halogens is 1. The third-order valence-electron chi connectivity index (χ3n) is 3.20. The molecule has 2 heterocycles. The molecule has 0 saturated heterocycles. The Morgan fingerprint density at radius 3 is 2.77 bits per heavy atom. The lowest BCUT2D eigenvalue weighted by molar-refractivity contribution is 0.0954. The van der Waals surface area contributed by atoms with Crippen molar-refractivity contribution in [3.8, 4) is 0 Å².